The first-order chi connectivity index (χ1) is 5.81. The van der Waals surface area contributed by atoms with Crippen LogP contribution in [0.3, 0.4) is 0 Å². The van der Waals surface area contributed by atoms with E-state index in [4.69, 9.17) is 4.84 Å². The molecule has 1 fully saturated rings. The van der Waals surface area contributed by atoms with Crippen LogP contribution in [0.5, 0.6) is 0 Å². The third-order valence-electron chi connectivity index (χ3n) is 1.69. The van der Waals surface area contributed by atoms with Crippen molar-refractivity contribution in [2.45, 2.75) is 39.7 Å². The summed E-state index contributed by atoms with van der Waals surface area (Å²) in [6, 6.07) is 0. The number of carbonyl (C=O) groups excluding carboxylic acids is 2. The normalized spacial score (nSPS) is 24.3. The fraction of sp³-hybridized carbons (Fsp3) is 0.778. The lowest BCUT2D eigenvalue weighted by molar-refractivity contribution is -0.219. The van der Waals surface area contributed by atoms with Gasteiger partial charge in [0, 0.05) is 12.3 Å². The van der Waals surface area contributed by atoms with Crippen LogP contribution >= 0.6 is 0 Å². The summed E-state index contributed by atoms with van der Waals surface area (Å²) in [5.74, 6) is -0.720. The quantitative estimate of drug-likeness (QED) is 0.575. The van der Waals surface area contributed by atoms with E-state index in [1.807, 2.05) is 0 Å². The van der Waals surface area contributed by atoms with Gasteiger partial charge in [0.25, 0.3) is 11.8 Å². The Balaban J connectivity index is 2.70. The molecule has 1 saturated heterocycles. The minimum absolute atomic E-state index is 0.236. The maximum absolute atomic E-state index is 11.4. The van der Waals surface area contributed by atoms with Crippen molar-refractivity contribution in [3.8, 4) is 0 Å². The van der Waals surface area contributed by atoms with Gasteiger partial charge in [0.2, 0.25) is 0 Å². The van der Waals surface area contributed by atoms with Crippen LogP contribution in [-0.4, -0.2) is 22.5 Å². The Bertz CT molecular complexity index is 242. The second-order valence-electron chi connectivity index (χ2n) is 4.34. The fourth-order valence-electron chi connectivity index (χ4n) is 1.12. The standard InChI is InChI=1S/C9H15NO3/c1-6-5-7(11)10(8(6)12)13-9(2,3)4/h6H,5H2,1-4H3. The molecular weight excluding hydrogens is 170 g/mol. The average Bonchev–Trinajstić information content (AvgIpc) is 2.14. The second-order valence-corrected chi connectivity index (χ2v) is 4.34. The van der Waals surface area contributed by atoms with Gasteiger partial charge in [-0.2, -0.15) is 5.06 Å². The van der Waals surface area contributed by atoms with Crippen molar-refractivity contribution in [2.75, 3.05) is 0 Å². The Morgan fingerprint density at radius 3 is 2.23 bits per heavy atom. The lowest BCUT2D eigenvalue weighted by Crippen LogP contribution is -2.38. The highest BCUT2D eigenvalue weighted by atomic mass is 16.7. The summed E-state index contributed by atoms with van der Waals surface area (Å²) in [5.41, 5.74) is -0.505. The molecule has 1 rings (SSSR count). The van der Waals surface area contributed by atoms with Crippen molar-refractivity contribution in [2.24, 2.45) is 5.92 Å². The zero-order valence-electron chi connectivity index (χ0n) is 8.46. The highest BCUT2D eigenvalue weighted by molar-refractivity contribution is 6.02. The molecule has 1 unspecified atom stereocenters. The number of amides is 2. The smallest absolute Gasteiger partial charge is 0.256 e. The molecule has 0 aromatic carbocycles. The molecule has 0 aromatic heterocycles. The number of hydrogen-bond acceptors (Lipinski definition) is 3. The Kier molecular flexibility index (Phi) is 2.43. The van der Waals surface area contributed by atoms with Gasteiger partial charge in [-0.1, -0.05) is 6.92 Å². The summed E-state index contributed by atoms with van der Waals surface area (Å²) in [7, 11) is 0. The first kappa shape index (κ1) is 10.2. The Hall–Kier alpha value is -0.900. The van der Waals surface area contributed by atoms with E-state index in [1.54, 1.807) is 27.7 Å². The lowest BCUT2D eigenvalue weighted by Gasteiger charge is -2.24. The van der Waals surface area contributed by atoms with Gasteiger partial charge in [0.1, 0.15) is 0 Å². The molecule has 2 amide bonds. The van der Waals surface area contributed by atoms with E-state index < -0.39 is 5.60 Å². The van der Waals surface area contributed by atoms with Crippen LogP contribution in [0, 0.1) is 5.92 Å². The fourth-order valence-corrected chi connectivity index (χ4v) is 1.12. The summed E-state index contributed by atoms with van der Waals surface area (Å²) < 4.78 is 0. The molecule has 0 N–H and O–H groups in total. The number of rotatable bonds is 1. The molecule has 74 valence electrons. The van der Waals surface area contributed by atoms with Gasteiger partial charge in [0.15, 0.2) is 0 Å². The van der Waals surface area contributed by atoms with E-state index in [-0.39, 0.29) is 24.2 Å². The van der Waals surface area contributed by atoms with Crippen LogP contribution in [0.4, 0.5) is 0 Å². The molecular formula is C9H15NO3. The average molecular weight is 185 g/mol. The predicted molar refractivity (Wildman–Crippen MR) is 46.5 cm³/mol. The molecule has 0 saturated carbocycles. The molecule has 0 bridgehead atoms. The monoisotopic (exact) mass is 185 g/mol. The number of imide groups is 1. The highest BCUT2D eigenvalue weighted by Gasteiger charge is 2.38. The molecule has 0 aromatic rings. The van der Waals surface area contributed by atoms with Crippen molar-refractivity contribution in [1.29, 1.82) is 0 Å². The summed E-state index contributed by atoms with van der Waals surface area (Å²) in [6.45, 7) is 7.13. The first-order valence-corrected chi connectivity index (χ1v) is 4.37. The van der Waals surface area contributed by atoms with Crippen LogP contribution in [0.1, 0.15) is 34.1 Å². The zero-order chi connectivity index (χ0) is 10.2. The van der Waals surface area contributed by atoms with E-state index in [0.717, 1.165) is 5.06 Å². The van der Waals surface area contributed by atoms with E-state index in [9.17, 15) is 9.59 Å². The van der Waals surface area contributed by atoms with E-state index in [0.29, 0.717) is 0 Å². The molecule has 1 atom stereocenters. The van der Waals surface area contributed by atoms with Crippen LogP contribution in [-0.2, 0) is 14.4 Å². The molecule has 1 heterocycles. The van der Waals surface area contributed by atoms with Gasteiger partial charge in [-0.05, 0) is 20.8 Å². The third-order valence-corrected chi connectivity index (χ3v) is 1.69. The molecule has 0 radical (unpaired) electrons. The van der Waals surface area contributed by atoms with E-state index in [1.165, 1.54) is 0 Å². The minimum Gasteiger partial charge on any atom is -0.272 e. The van der Waals surface area contributed by atoms with Crippen molar-refractivity contribution in [3.63, 3.8) is 0 Å². The van der Waals surface area contributed by atoms with Gasteiger partial charge in [0.05, 0.1) is 5.60 Å². The van der Waals surface area contributed by atoms with Gasteiger partial charge in [-0.25, -0.2) is 0 Å². The topological polar surface area (TPSA) is 46.6 Å². The van der Waals surface area contributed by atoms with Crippen LogP contribution in [0.15, 0.2) is 0 Å². The summed E-state index contributed by atoms with van der Waals surface area (Å²) in [6.07, 6.45) is 0.259. The van der Waals surface area contributed by atoms with Crippen LogP contribution < -0.4 is 0 Å². The van der Waals surface area contributed by atoms with Crippen molar-refractivity contribution in [3.05, 3.63) is 0 Å². The molecule has 1 aliphatic rings. The summed E-state index contributed by atoms with van der Waals surface area (Å²) in [5, 5.41) is 0.894. The molecule has 0 aliphatic carbocycles. The summed E-state index contributed by atoms with van der Waals surface area (Å²) >= 11 is 0. The Morgan fingerprint density at radius 2 is 1.92 bits per heavy atom. The summed E-state index contributed by atoms with van der Waals surface area (Å²) in [4.78, 5) is 27.9. The highest BCUT2D eigenvalue weighted by Crippen LogP contribution is 2.22. The largest absolute Gasteiger partial charge is 0.272 e. The SMILES string of the molecule is CC1CC(=O)N(OC(C)(C)C)C1=O. The first-order valence-electron chi connectivity index (χ1n) is 4.37. The molecule has 4 nitrogen and oxygen atoms in total. The molecule has 0 spiro atoms. The Morgan fingerprint density at radius 1 is 1.38 bits per heavy atom. The number of carbonyl (C=O) groups is 2. The van der Waals surface area contributed by atoms with E-state index >= 15 is 0 Å². The van der Waals surface area contributed by atoms with E-state index in [2.05, 4.69) is 0 Å². The maximum Gasteiger partial charge on any atom is 0.256 e. The second kappa shape index (κ2) is 3.10. The van der Waals surface area contributed by atoms with Gasteiger partial charge < -0.3 is 0 Å². The van der Waals surface area contributed by atoms with Gasteiger partial charge in [-0.3, -0.25) is 14.4 Å². The lowest BCUT2D eigenvalue weighted by atomic mass is 10.1. The third kappa shape index (κ3) is 2.28. The van der Waals surface area contributed by atoms with Crippen LogP contribution in [0.25, 0.3) is 0 Å². The number of nitrogens with zero attached hydrogens (tertiary/aromatic N) is 1. The van der Waals surface area contributed by atoms with Crippen molar-refractivity contribution in [1.82, 2.24) is 5.06 Å². The number of hydrogen-bond donors (Lipinski definition) is 0. The molecule has 4 heteroatoms. The van der Waals surface area contributed by atoms with Gasteiger partial charge in [-0.15, -0.1) is 0 Å². The molecule has 13 heavy (non-hydrogen) atoms. The van der Waals surface area contributed by atoms with Crippen molar-refractivity contribution >= 4 is 11.8 Å². The maximum atomic E-state index is 11.4. The predicted octanol–water partition coefficient (Wildman–Crippen LogP) is 1.11. The minimum atomic E-state index is -0.505. The zero-order valence-corrected chi connectivity index (χ0v) is 8.46. The molecule has 1 aliphatic heterocycles. The number of hydroxylamine groups is 2. The van der Waals surface area contributed by atoms with Gasteiger partial charge >= 0.3 is 0 Å². The van der Waals surface area contributed by atoms with Crippen molar-refractivity contribution < 1.29 is 14.4 Å². The Labute approximate surface area is 77.8 Å². The van der Waals surface area contributed by atoms with Crippen LogP contribution in [0.2, 0.25) is 0 Å².